The molecule has 0 bridgehead atoms. The van der Waals surface area contributed by atoms with E-state index in [2.05, 4.69) is 36.1 Å². The summed E-state index contributed by atoms with van der Waals surface area (Å²) in [5.74, 6) is 1.04. The molecule has 0 saturated carbocycles. The molecule has 1 heterocycles. The van der Waals surface area contributed by atoms with Crippen molar-refractivity contribution in [1.29, 1.82) is 0 Å². The van der Waals surface area contributed by atoms with Crippen LogP contribution in [0.4, 0.5) is 5.69 Å². The molecule has 2 aromatic rings. The summed E-state index contributed by atoms with van der Waals surface area (Å²) in [6.07, 6.45) is 0.934. The second-order valence-electron chi connectivity index (χ2n) is 6.47. The normalized spacial score (nSPS) is 18.4. The Morgan fingerprint density at radius 1 is 1.08 bits per heavy atom. The van der Waals surface area contributed by atoms with Crippen molar-refractivity contribution in [2.24, 2.45) is 0 Å². The van der Waals surface area contributed by atoms with Crippen molar-refractivity contribution in [2.45, 2.75) is 32.9 Å². The van der Waals surface area contributed by atoms with Crippen LogP contribution in [-0.2, 0) is 17.8 Å². The van der Waals surface area contributed by atoms with Gasteiger partial charge in [-0.05, 0) is 42.7 Å². The molecule has 132 valence electrons. The molecule has 0 aliphatic carbocycles. The van der Waals surface area contributed by atoms with Gasteiger partial charge >= 0.3 is 0 Å². The number of rotatable bonds is 5. The van der Waals surface area contributed by atoms with Crippen LogP contribution in [0.15, 0.2) is 48.5 Å². The predicted molar refractivity (Wildman–Crippen MR) is 101 cm³/mol. The summed E-state index contributed by atoms with van der Waals surface area (Å²) in [6, 6.07) is 16.2. The average molecular weight is 338 g/mol. The molecule has 0 aromatic heterocycles. The van der Waals surface area contributed by atoms with Crippen LogP contribution in [0.1, 0.15) is 25.0 Å². The Bertz CT molecular complexity index is 727. The van der Waals surface area contributed by atoms with Gasteiger partial charge in [0.15, 0.2) is 0 Å². The van der Waals surface area contributed by atoms with Crippen LogP contribution >= 0.6 is 0 Å². The van der Waals surface area contributed by atoms with Crippen molar-refractivity contribution in [3.8, 4) is 5.75 Å². The first-order valence-corrected chi connectivity index (χ1v) is 8.90. The fourth-order valence-electron chi connectivity index (χ4n) is 3.41. The van der Waals surface area contributed by atoms with Crippen LogP contribution in [0.5, 0.6) is 5.75 Å². The van der Waals surface area contributed by atoms with E-state index in [1.807, 2.05) is 36.1 Å². The molecule has 1 atom stereocenters. The first-order valence-electron chi connectivity index (χ1n) is 8.90. The molecule has 1 saturated heterocycles. The summed E-state index contributed by atoms with van der Waals surface area (Å²) < 4.78 is 5.21. The van der Waals surface area contributed by atoms with Gasteiger partial charge in [-0.25, -0.2) is 0 Å². The molecule has 1 amide bonds. The number of hydrogen-bond donors (Lipinski definition) is 0. The van der Waals surface area contributed by atoms with E-state index in [4.69, 9.17) is 4.74 Å². The highest BCUT2D eigenvalue weighted by atomic mass is 16.5. The molecule has 4 nitrogen and oxygen atoms in total. The second kappa shape index (κ2) is 7.70. The van der Waals surface area contributed by atoms with Crippen LogP contribution in [0.3, 0.4) is 0 Å². The molecule has 1 aliphatic heterocycles. The number of methoxy groups -OCH3 is 1. The Hall–Kier alpha value is -2.33. The van der Waals surface area contributed by atoms with Crippen molar-refractivity contribution in [3.05, 3.63) is 59.7 Å². The molecular formula is C21H26N2O2. The van der Waals surface area contributed by atoms with Crippen LogP contribution in [0.2, 0.25) is 0 Å². The van der Waals surface area contributed by atoms with Crippen molar-refractivity contribution in [2.75, 3.05) is 25.1 Å². The van der Waals surface area contributed by atoms with Crippen LogP contribution in [0, 0.1) is 0 Å². The zero-order chi connectivity index (χ0) is 17.8. The van der Waals surface area contributed by atoms with Gasteiger partial charge in [0, 0.05) is 25.3 Å². The van der Waals surface area contributed by atoms with E-state index in [0.717, 1.165) is 37.5 Å². The van der Waals surface area contributed by atoms with E-state index in [1.165, 1.54) is 11.1 Å². The van der Waals surface area contributed by atoms with Crippen LogP contribution in [-0.4, -0.2) is 37.0 Å². The summed E-state index contributed by atoms with van der Waals surface area (Å²) in [7, 11) is 1.67. The number of para-hydroxylation sites is 1. The lowest BCUT2D eigenvalue weighted by molar-refractivity contribution is -0.125. The SMILES string of the molecule is CCc1ccccc1N1CCN(Cc2ccc(OC)cc2)[C@H](C)C1=O. The summed E-state index contributed by atoms with van der Waals surface area (Å²) in [6.45, 7) is 6.52. The summed E-state index contributed by atoms with van der Waals surface area (Å²) in [5, 5.41) is 0. The molecule has 2 aromatic carbocycles. The Balaban J connectivity index is 1.72. The minimum absolute atomic E-state index is 0.124. The monoisotopic (exact) mass is 338 g/mol. The number of ether oxygens (including phenoxy) is 1. The number of carbonyl (C=O) groups excluding carboxylic acids is 1. The van der Waals surface area contributed by atoms with Crippen molar-refractivity contribution in [3.63, 3.8) is 0 Å². The second-order valence-corrected chi connectivity index (χ2v) is 6.47. The number of benzene rings is 2. The molecule has 1 aliphatic rings. The minimum Gasteiger partial charge on any atom is -0.497 e. The zero-order valence-corrected chi connectivity index (χ0v) is 15.2. The van der Waals surface area contributed by atoms with E-state index >= 15 is 0 Å². The molecular weight excluding hydrogens is 312 g/mol. The van der Waals surface area contributed by atoms with Gasteiger partial charge in [-0.3, -0.25) is 9.69 Å². The third-order valence-electron chi connectivity index (χ3n) is 4.99. The molecule has 25 heavy (non-hydrogen) atoms. The lowest BCUT2D eigenvalue weighted by atomic mass is 10.1. The highest BCUT2D eigenvalue weighted by molar-refractivity contribution is 5.98. The van der Waals surface area contributed by atoms with Gasteiger partial charge in [-0.2, -0.15) is 0 Å². The number of piperazine rings is 1. The highest BCUT2D eigenvalue weighted by Crippen LogP contribution is 2.26. The number of aryl methyl sites for hydroxylation is 1. The average Bonchev–Trinajstić information content (AvgIpc) is 2.66. The molecule has 4 heteroatoms. The quantitative estimate of drug-likeness (QED) is 0.836. The summed E-state index contributed by atoms with van der Waals surface area (Å²) in [5.41, 5.74) is 3.49. The van der Waals surface area contributed by atoms with E-state index in [9.17, 15) is 4.79 Å². The van der Waals surface area contributed by atoms with E-state index in [0.29, 0.717) is 0 Å². The summed E-state index contributed by atoms with van der Waals surface area (Å²) in [4.78, 5) is 17.2. The molecule has 0 N–H and O–H groups in total. The Morgan fingerprint density at radius 2 is 1.80 bits per heavy atom. The van der Waals surface area contributed by atoms with E-state index in [-0.39, 0.29) is 11.9 Å². The van der Waals surface area contributed by atoms with Crippen LogP contribution in [0.25, 0.3) is 0 Å². The van der Waals surface area contributed by atoms with Gasteiger partial charge in [-0.1, -0.05) is 37.3 Å². The van der Waals surface area contributed by atoms with Gasteiger partial charge in [0.05, 0.1) is 13.2 Å². The number of nitrogens with zero attached hydrogens (tertiary/aromatic N) is 2. The number of hydrogen-bond acceptors (Lipinski definition) is 3. The number of carbonyl (C=O) groups is 1. The Kier molecular flexibility index (Phi) is 5.39. The summed E-state index contributed by atoms with van der Waals surface area (Å²) >= 11 is 0. The predicted octanol–water partition coefficient (Wildman–Crippen LogP) is 3.49. The molecule has 0 radical (unpaired) electrons. The third-order valence-corrected chi connectivity index (χ3v) is 4.99. The van der Waals surface area contributed by atoms with Crippen molar-refractivity contribution >= 4 is 11.6 Å². The van der Waals surface area contributed by atoms with Crippen LogP contribution < -0.4 is 9.64 Å². The highest BCUT2D eigenvalue weighted by Gasteiger charge is 2.32. The Morgan fingerprint density at radius 3 is 2.48 bits per heavy atom. The largest absolute Gasteiger partial charge is 0.497 e. The topological polar surface area (TPSA) is 32.8 Å². The van der Waals surface area contributed by atoms with Crippen molar-refractivity contribution < 1.29 is 9.53 Å². The lowest BCUT2D eigenvalue weighted by Crippen LogP contribution is -2.55. The maximum atomic E-state index is 13.0. The lowest BCUT2D eigenvalue weighted by Gasteiger charge is -2.39. The maximum absolute atomic E-state index is 13.0. The van der Waals surface area contributed by atoms with Gasteiger partial charge in [-0.15, -0.1) is 0 Å². The van der Waals surface area contributed by atoms with Crippen molar-refractivity contribution in [1.82, 2.24) is 4.90 Å². The smallest absolute Gasteiger partial charge is 0.244 e. The molecule has 1 fully saturated rings. The molecule has 3 rings (SSSR count). The fourth-order valence-corrected chi connectivity index (χ4v) is 3.41. The molecule has 0 unspecified atom stereocenters. The first-order chi connectivity index (χ1) is 12.1. The first kappa shape index (κ1) is 17.5. The van der Waals surface area contributed by atoms with E-state index in [1.54, 1.807) is 7.11 Å². The Labute approximate surface area is 150 Å². The molecule has 0 spiro atoms. The minimum atomic E-state index is -0.124. The van der Waals surface area contributed by atoms with Gasteiger partial charge in [0.2, 0.25) is 5.91 Å². The van der Waals surface area contributed by atoms with Gasteiger partial charge in [0.25, 0.3) is 0 Å². The van der Waals surface area contributed by atoms with E-state index < -0.39 is 0 Å². The third kappa shape index (κ3) is 3.69. The maximum Gasteiger partial charge on any atom is 0.244 e. The van der Waals surface area contributed by atoms with Gasteiger partial charge in [0.1, 0.15) is 5.75 Å². The fraction of sp³-hybridized carbons (Fsp3) is 0.381. The number of amides is 1. The standard InChI is InChI=1S/C21H26N2O2/c1-4-18-7-5-6-8-20(18)23-14-13-22(16(2)21(23)24)15-17-9-11-19(25-3)12-10-17/h5-12,16H,4,13-15H2,1-3H3/t16-/m1/s1. The van der Waals surface area contributed by atoms with Gasteiger partial charge < -0.3 is 9.64 Å². The number of anilines is 1. The zero-order valence-electron chi connectivity index (χ0n) is 15.2.